The molecule has 0 unspecified atom stereocenters. The highest BCUT2D eigenvalue weighted by Gasteiger charge is 2.12. The van der Waals surface area contributed by atoms with Crippen molar-refractivity contribution in [3.05, 3.63) is 62.8 Å². The number of rotatable bonds is 3. The number of thioether (sulfide) groups is 1. The Kier molecular flexibility index (Phi) is 4.32. The third-order valence-electron chi connectivity index (χ3n) is 3.82. The Morgan fingerprint density at radius 2 is 2.04 bits per heavy atom. The van der Waals surface area contributed by atoms with Crippen LogP contribution >= 0.6 is 11.8 Å². The maximum absolute atomic E-state index is 12.3. The van der Waals surface area contributed by atoms with Crippen molar-refractivity contribution in [1.82, 2.24) is 19.6 Å². The van der Waals surface area contributed by atoms with Crippen LogP contribution in [-0.2, 0) is 5.75 Å². The Morgan fingerprint density at radius 3 is 2.79 bits per heavy atom. The summed E-state index contributed by atoms with van der Waals surface area (Å²) in [6.07, 6.45) is 0. The highest BCUT2D eigenvalue weighted by atomic mass is 32.2. The molecule has 0 aromatic carbocycles. The molecule has 6 nitrogen and oxygen atoms in total. The van der Waals surface area contributed by atoms with E-state index >= 15 is 0 Å². The summed E-state index contributed by atoms with van der Waals surface area (Å²) < 4.78 is 1.57. The van der Waals surface area contributed by atoms with Crippen LogP contribution in [0, 0.1) is 32.1 Å². The number of aromatic nitrogens is 4. The van der Waals surface area contributed by atoms with Crippen LogP contribution in [0.1, 0.15) is 28.2 Å². The van der Waals surface area contributed by atoms with Crippen LogP contribution in [0.4, 0.5) is 0 Å². The zero-order valence-corrected chi connectivity index (χ0v) is 14.4. The highest BCUT2D eigenvalue weighted by Crippen LogP contribution is 2.25. The Balaban J connectivity index is 1.94. The Hall–Kier alpha value is -2.72. The third kappa shape index (κ3) is 2.88. The first-order valence-corrected chi connectivity index (χ1v) is 8.35. The topological polar surface area (TPSA) is 83.9 Å². The van der Waals surface area contributed by atoms with Crippen molar-refractivity contribution in [3.8, 4) is 6.07 Å². The predicted molar refractivity (Wildman–Crippen MR) is 92.0 cm³/mol. The van der Waals surface area contributed by atoms with E-state index in [-0.39, 0.29) is 5.56 Å². The lowest BCUT2D eigenvalue weighted by atomic mass is 10.1. The second kappa shape index (κ2) is 6.42. The second-order valence-corrected chi connectivity index (χ2v) is 6.40. The quantitative estimate of drug-likeness (QED) is 0.683. The average Bonchev–Trinajstić information content (AvgIpc) is 2.55. The summed E-state index contributed by atoms with van der Waals surface area (Å²) in [5.74, 6) is 0.450. The number of fused-ring (bicyclic) bond motifs is 1. The minimum Gasteiger partial charge on any atom is -0.269 e. The van der Waals surface area contributed by atoms with E-state index < -0.39 is 0 Å². The lowest BCUT2D eigenvalue weighted by molar-refractivity contribution is 0.870. The molecule has 0 N–H and O–H groups in total. The molecule has 7 heteroatoms. The van der Waals surface area contributed by atoms with Crippen LogP contribution in [0.3, 0.4) is 0 Å². The van der Waals surface area contributed by atoms with Gasteiger partial charge >= 0.3 is 0 Å². The van der Waals surface area contributed by atoms with E-state index in [2.05, 4.69) is 21.3 Å². The number of nitriles is 1. The molecule has 3 aromatic heterocycles. The van der Waals surface area contributed by atoms with E-state index in [9.17, 15) is 10.1 Å². The summed E-state index contributed by atoms with van der Waals surface area (Å²) in [7, 11) is 0. The van der Waals surface area contributed by atoms with Gasteiger partial charge in [0.15, 0.2) is 0 Å². The van der Waals surface area contributed by atoms with Gasteiger partial charge < -0.3 is 0 Å². The zero-order chi connectivity index (χ0) is 17.3. The molecule has 0 aliphatic rings. The zero-order valence-electron chi connectivity index (χ0n) is 13.6. The van der Waals surface area contributed by atoms with Gasteiger partial charge in [-0.15, -0.1) is 5.10 Å². The fourth-order valence-electron chi connectivity index (χ4n) is 2.40. The minimum atomic E-state index is -0.111. The van der Waals surface area contributed by atoms with Crippen molar-refractivity contribution < 1.29 is 0 Å². The maximum atomic E-state index is 12.3. The molecule has 120 valence electrons. The first-order valence-electron chi connectivity index (χ1n) is 7.36. The van der Waals surface area contributed by atoms with Gasteiger partial charge in [-0.1, -0.05) is 17.8 Å². The number of hydrogen-bond acceptors (Lipinski definition) is 6. The molecule has 0 aliphatic heterocycles. The molecule has 24 heavy (non-hydrogen) atoms. The van der Waals surface area contributed by atoms with Crippen LogP contribution in [0.15, 0.2) is 34.1 Å². The smallest absolute Gasteiger partial charge is 0.258 e. The van der Waals surface area contributed by atoms with Gasteiger partial charge in [0.2, 0.25) is 0 Å². The second-order valence-electron chi connectivity index (χ2n) is 5.44. The van der Waals surface area contributed by atoms with Crippen LogP contribution < -0.4 is 5.56 Å². The first-order chi connectivity index (χ1) is 11.5. The predicted octanol–water partition coefficient (Wildman–Crippen LogP) is 2.57. The minimum absolute atomic E-state index is 0.111. The van der Waals surface area contributed by atoms with E-state index in [0.717, 1.165) is 17.0 Å². The Bertz CT molecular complexity index is 1040. The molecule has 0 spiro atoms. The summed E-state index contributed by atoms with van der Waals surface area (Å²) in [6.45, 7) is 5.55. The molecule has 0 fully saturated rings. The van der Waals surface area contributed by atoms with E-state index in [1.165, 1.54) is 17.8 Å². The van der Waals surface area contributed by atoms with Gasteiger partial charge in [-0.3, -0.25) is 9.20 Å². The summed E-state index contributed by atoms with van der Waals surface area (Å²) >= 11 is 1.36. The molecule has 0 saturated heterocycles. The molecule has 0 atom stereocenters. The number of hydrogen-bond donors (Lipinski definition) is 0. The summed E-state index contributed by atoms with van der Waals surface area (Å²) in [6, 6.07) is 9.25. The lowest BCUT2D eigenvalue weighted by Gasteiger charge is -2.08. The fraction of sp³-hybridized carbons (Fsp3) is 0.235. The maximum Gasteiger partial charge on any atom is 0.258 e. The molecular weight excluding hydrogens is 322 g/mol. The van der Waals surface area contributed by atoms with Crippen molar-refractivity contribution in [2.24, 2.45) is 0 Å². The van der Waals surface area contributed by atoms with Gasteiger partial charge in [0, 0.05) is 17.5 Å². The van der Waals surface area contributed by atoms with Crippen molar-refractivity contribution in [3.63, 3.8) is 0 Å². The van der Waals surface area contributed by atoms with Gasteiger partial charge in [0.05, 0.1) is 17.0 Å². The Morgan fingerprint density at radius 1 is 1.25 bits per heavy atom. The van der Waals surface area contributed by atoms with Crippen molar-refractivity contribution in [1.29, 1.82) is 5.26 Å². The van der Waals surface area contributed by atoms with Crippen LogP contribution in [0.2, 0.25) is 0 Å². The number of pyridine rings is 1. The SMILES string of the molecule is Cc1nnc(SCc2cc(=O)n3c(C)cccc3n2)c(C#N)c1C. The van der Waals surface area contributed by atoms with Crippen molar-refractivity contribution >= 4 is 17.4 Å². The molecule has 0 radical (unpaired) electrons. The van der Waals surface area contributed by atoms with Gasteiger partial charge in [-0.25, -0.2) is 4.98 Å². The largest absolute Gasteiger partial charge is 0.269 e. The third-order valence-corrected chi connectivity index (χ3v) is 4.82. The lowest BCUT2D eigenvalue weighted by Crippen LogP contribution is -2.17. The first kappa shape index (κ1) is 16.1. The van der Waals surface area contributed by atoms with E-state index in [0.29, 0.717) is 27.7 Å². The summed E-state index contributed by atoms with van der Waals surface area (Å²) in [5, 5.41) is 18.1. The van der Waals surface area contributed by atoms with Gasteiger partial charge in [0.1, 0.15) is 16.7 Å². The summed E-state index contributed by atoms with van der Waals surface area (Å²) in [5.41, 5.74) is 4.10. The van der Waals surface area contributed by atoms with Crippen LogP contribution in [-0.4, -0.2) is 19.6 Å². The molecule has 3 aromatic rings. The standard InChI is InChI=1S/C17H15N5OS/c1-10-5-4-6-15-19-13(7-16(23)22(10)15)9-24-17-14(8-18)11(2)12(3)20-21-17/h4-7H,9H2,1-3H3. The number of aryl methyl sites for hydroxylation is 2. The van der Waals surface area contributed by atoms with Crippen molar-refractivity contribution in [2.45, 2.75) is 31.6 Å². The average molecular weight is 337 g/mol. The van der Waals surface area contributed by atoms with Crippen LogP contribution in [0.25, 0.3) is 5.65 Å². The molecule has 0 saturated carbocycles. The normalized spacial score (nSPS) is 10.8. The summed E-state index contributed by atoms with van der Waals surface area (Å²) in [4.78, 5) is 16.8. The molecular formula is C17H15N5OS. The van der Waals surface area contributed by atoms with Crippen molar-refractivity contribution in [2.75, 3.05) is 0 Å². The van der Waals surface area contributed by atoms with E-state index in [1.807, 2.05) is 32.9 Å². The fourth-order valence-corrected chi connectivity index (χ4v) is 3.27. The van der Waals surface area contributed by atoms with Gasteiger partial charge in [-0.2, -0.15) is 10.4 Å². The van der Waals surface area contributed by atoms with E-state index in [4.69, 9.17) is 0 Å². The highest BCUT2D eigenvalue weighted by molar-refractivity contribution is 7.98. The molecule has 0 amide bonds. The molecule has 0 bridgehead atoms. The molecule has 3 heterocycles. The molecule has 3 rings (SSSR count). The monoisotopic (exact) mass is 337 g/mol. The van der Waals surface area contributed by atoms with Gasteiger partial charge in [-0.05, 0) is 38.5 Å². The Labute approximate surface area is 143 Å². The van der Waals surface area contributed by atoms with Crippen LogP contribution in [0.5, 0.6) is 0 Å². The van der Waals surface area contributed by atoms with Gasteiger partial charge in [0.25, 0.3) is 5.56 Å². The van der Waals surface area contributed by atoms with E-state index in [1.54, 1.807) is 10.5 Å². The molecule has 0 aliphatic carbocycles. The number of nitrogens with zero attached hydrogens (tertiary/aromatic N) is 5.